The number of primary amides is 1. The first-order chi connectivity index (χ1) is 13.5. The molecule has 0 spiro atoms. The first-order valence-corrected chi connectivity index (χ1v) is 9.06. The molecule has 0 aliphatic carbocycles. The molecule has 0 saturated carbocycles. The molecular weight excluding hydrogens is 361 g/mol. The second-order valence-corrected chi connectivity index (χ2v) is 6.47. The molecule has 1 fully saturated rings. The number of benzene rings is 2. The molecule has 1 aliphatic heterocycles. The fraction of sp³-hybridized carbons (Fsp3) is 0.238. The number of nitrogens with one attached hydrogen (secondary N) is 1. The highest BCUT2D eigenvalue weighted by molar-refractivity contribution is 6.04. The Morgan fingerprint density at radius 1 is 1.14 bits per heavy atom. The Morgan fingerprint density at radius 2 is 1.86 bits per heavy atom. The number of amides is 2. The van der Waals surface area contributed by atoms with Crippen molar-refractivity contribution in [3.05, 3.63) is 59.9 Å². The smallest absolute Gasteiger partial charge is 0.255 e. The van der Waals surface area contributed by atoms with Gasteiger partial charge in [0.2, 0.25) is 5.91 Å². The van der Waals surface area contributed by atoms with Gasteiger partial charge in [-0.2, -0.15) is 0 Å². The van der Waals surface area contributed by atoms with Crippen LogP contribution in [0.25, 0.3) is 6.08 Å². The fourth-order valence-corrected chi connectivity index (χ4v) is 3.02. The Kier molecular flexibility index (Phi) is 6.26. The summed E-state index contributed by atoms with van der Waals surface area (Å²) >= 11 is 0. The lowest BCUT2D eigenvalue weighted by Gasteiger charge is -2.21. The summed E-state index contributed by atoms with van der Waals surface area (Å²) in [5.74, 6) is -0.925. The van der Waals surface area contributed by atoms with Gasteiger partial charge in [0, 0.05) is 19.2 Å². The van der Waals surface area contributed by atoms with E-state index < -0.39 is 17.6 Å². The molecule has 0 atom stereocenters. The minimum Gasteiger partial charge on any atom is -0.484 e. The summed E-state index contributed by atoms with van der Waals surface area (Å²) < 4.78 is 19.5. The number of rotatable bonds is 7. The zero-order chi connectivity index (χ0) is 19.9. The second-order valence-electron chi connectivity index (χ2n) is 6.47. The van der Waals surface area contributed by atoms with Crippen LogP contribution in [0.15, 0.2) is 48.5 Å². The molecule has 28 heavy (non-hydrogen) atoms. The van der Waals surface area contributed by atoms with Gasteiger partial charge in [-0.25, -0.2) is 4.39 Å². The Balaban J connectivity index is 1.65. The summed E-state index contributed by atoms with van der Waals surface area (Å²) in [4.78, 5) is 25.1. The van der Waals surface area contributed by atoms with Crippen molar-refractivity contribution in [2.45, 2.75) is 12.8 Å². The number of carbonyl (C=O) groups excluding carboxylic acids is 2. The van der Waals surface area contributed by atoms with E-state index in [-0.39, 0.29) is 12.3 Å². The predicted octanol–water partition coefficient (Wildman–Crippen LogP) is 2.94. The second kappa shape index (κ2) is 9.03. The number of ether oxygens (including phenoxy) is 1. The number of hydrogen-bond acceptors (Lipinski definition) is 4. The van der Waals surface area contributed by atoms with Crippen molar-refractivity contribution in [3.8, 4) is 5.75 Å². The molecule has 1 saturated heterocycles. The van der Waals surface area contributed by atoms with Gasteiger partial charge in [-0.05, 0) is 48.7 Å². The molecule has 0 radical (unpaired) electrons. The van der Waals surface area contributed by atoms with E-state index in [2.05, 4.69) is 10.2 Å². The van der Waals surface area contributed by atoms with Crippen molar-refractivity contribution >= 4 is 29.3 Å². The molecule has 0 aromatic heterocycles. The standard InChI is InChI=1S/C21H22FN3O3/c22-17-4-3-5-18(25-12-1-2-13-25)21(17)24-20(27)11-8-15-6-9-16(10-7-15)28-14-19(23)26/h3-11H,1-2,12-14H2,(H2,23,26)(H,24,27)/b11-8+. The topological polar surface area (TPSA) is 84.7 Å². The Bertz CT molecular complexity index is 875. The minimum absolute atomic E-state index is 0.195. The highest BCUT2D eigenvalue weighted by atomic mass is 19.1. The van der Waals surface area contributed by atoms with Crippen molar-refractivity contribution in [2.24, 2.45) is 5.73 Å². The van der Waals surface area contributed by atoms with Gasteiger partial charge in [-0.1, -0.05) is 18.2 Å². The maximum absolute atomic E-state index is 14.3. The number of nitrogens with two attached hydrogens (primary N) is 1. The number of nitrogens with zero attached hydrogens (tertiary/aromatic N) is 1. The SMILES string of the molecule is NC(=O)COc1ccc(/C=C/C(=O)Nc2c(F)cccc2N2CCCC2)cc1. The van der Waals surface area contributed by atoms with Crippen LogP contribution in [0.2, 0.25) is 0 Å². The van der Waals surface area contributed by atoms with E-state index in [9.17, 15) is 14.0 Å². The first-order valence-electron chi connectivity index (χ1n) is 9.06. The number of anilines is 2. The molecule has 1 heterocycles. The first kappa shape index (κ1) is 19.4. The van der Waals surface area contributed by atoms with E-state index >= 15 is 0 Å². The summed E-state index contributed by atoms with van der Waals surface area (Å²) in [6.45, 7) is 1.51. The van der Waals surface area contributed by atoms with Gasteiger partial charge in [-0.3, -0.25) is 9.59 Å². The zero-order valence-corrected chi connectivity index (χ0v) is 15.4. The molecule has 3 N–H and O–H groups in total. The van der Waals surface area contributed by atoms with Gasteiger partial charge in [-0.15, -0.1) is 0 Å². The van der Waals surface area contributed by atoms with Crippen LogP contribution >= 0.6 is 0 Å². The van der Waals surface area contributed by atoms with Gasteiger partial charge in [0.05, 0.1) is 5.69 Å². The summed E-state index contributed by atoms with van der Waals surface area (Å²) in [5, 5.41) is 2.65. The number of para-hydroxylation sites is 1. The molecule has 3 rings (SSSR count). The van der Waals surface area contributed by atoms with Crippen LogP contribution in [0.1, 0.15) is 18.4 Å². The quantitative estimate of drug-likeness (QED) is 0.720. The van der Waals surface area contributed by atoms with Crippen LogP contribution in [0, 0.1) is 5.82 Å². The average Bonchev–Trinajstić information content (AvgIpc) is 3.21. The van der Waals surface area contributed by atoms with Crippen LogP contribution in [-0.2, 0) is 9.59 Å². The lowest BCUT2D eigenvalue weighted by molar-refractivity contribution is -0.120. The highest BCUT2D eigenvalue weighted by Crippen LogP contribution is 2.31. The Morgan fingerprint density at radius 3 is 2.54 bits per heavy atom. The normalized spacial score (nSPS) is 13.7. The summed E-state index contributed by atoms with van der Waals surface area (Å²) in [6.07, 6.45) is 5.08. The Hall–Kier alpha value is -3.35. The summed E-state index contributed by atoms with van der Waals surface area (Å²) in [5.41, 5.74) is 6.69. The third-order valence-corrected chi connectivity index (χ3v) is 4.37. The molecule has 2 aromatic rings. The van der Waals surface area contributed by atoms with Crippen molar-refractivity contribution in [3.63, 3.8) is 0 Å². The van der Waals surface area contributed by atoms with Crippen molar-refractivity contribution < 1.29 is 18.7 Å². The van der Waals surface area contributed by atoms with Gasteiger partial charge in [0.25, 0.3) is 5.91 Å². The van der Waals surface area contributed by atoms with Crippen molar-refractivity contribution in [1.29, 1.82) is 0 Å². The monoisotopic (exact) mass is 383 g/mol. The van der Waals surface area contributed by atoms with Gasteiger partial charge >= 0.3 is 0 Å². The van der Waals surface area contributed by atoms with Crippen LogP contribution in [0.5, 0.6) is 5.75 Å². The van der Waals surface area contributed by atoms with Gasteiger partial charge in [0.1, 0.15) is 17.3 Å². The molecule has 0 unspecified atom stereocenters. The van der Waals surface area contributed by atoms with Gasteiger partial charge in [0.15, 0.2) is 6.61 Å². The molecule has 0 bridgehead atoms. The minimum atomic E-state index is -0.554. The van der Waals surface area contributed by atoms with E-state index in [1.165, 1.54) is 12.1 Å². The van der Waals surface area contributed by atoms with E-state index in [0.29, 0.717) is 11.4 Å². The summed E-state index contributed by atoms with van der Waals surface area (Å²) in [6, 6.07) is 11.6. The third-order valence-electron chi connectivity index (χ3n) is 4.37. The molecule has 7 heteroatoms. The van der Waals surface area contributed by atoms with Crippen molar-refractivity contribution in [1.82, 2.24) is 0 Å². The highest BCUT2D eigenvalue weighted by Gasteiger charge is 2.19. The molecule has 2 amide bonds. The fourth-order valence-electron chi connectivity index (χ4n) is 3.02. The molecule has 1 aliphatic rings. The van der Waals surface area contributed by atoms with Crippen molar-refractivity contribution in [2.75, 3.05) is 29.9 Å². The number of carbonyl (C=O) groups is 2. The molecule has 146 valence electrons. The maximum Gasteiger partial charge on any atom is 0.255 e. The average molecular weight is 383 g/mol. The predicted molar refractivity (Wildman–Crippen MR) is 107 cm³/mol. The molecule has 2 aromatic carbocycles. The maximum atomic E-state index is 14.3. The van der Waals surface area contributed by atoms with E-state index in [4.69, 9.17) is 10.5 Å². The zero-order valence-electron chi connectivity index (χ0n) is 15.4. The van der Waals surface area contributed by atoms with Gasteiger partial charge < -0.3 is 20.7 Å². The number of hydrogen-bond donors (Lipinski definition) is 2. The van der Waals surface area contributed by atoms with Crippen LogP contribution in [0.3, 0.4) is 0 Å². The molecule has 6 nitrogen and oxygen atoms in total. The van der Waals surface area contributed by atoms with E-state index in [1.807, 2.05) is 6.07 Å². The van der Waals surface area contributed by atoms with Crippen LogP contribution in [-0.4, -0.2) is 31.5 Å². The summed E-state index contributed by atoms with van der Waals surface area (Å²) in [7, 11) is 0. The van der Waals surface area contributed by atoms with E-state index in [1.54, 1.807) is 36.4 Å². The number of halogens is 1. The third kappa shape index (κ3) is 5.09. The lowest BCUT2D eigenvalue weighted by Crippen LogP contribution is -2.21. The van der Waals surface area contributed by atoms with Crippen LogP contribution in [0.4, 0.5) is 15.8 Å². The largest absolute Gasteiger partial charge is 0.484 e. The van der Waals surface area contributed by atoms with Crippen LogP contribution < -0.4 is 20.7 Å². The lowest BCUT2D eigenvalue weighted by atomic mass is 10.2. The Labute approximate surface area is 162 Å². The van der Waals surface area contributed by atoms with E-state index in [0.717, 1.165) is 31.5 Å². The molecular formula is C21H22FN3O3.